The number of piperazine rings is 1. The standard InChI is InChI=1S/C19H27N5O2/c1-21-8-5-19(6-9-21)14-24(12-11-22(19)2)18(25)17-4-3-16(26-17)13-23-10-7-20-15-23/h3-4,7,10,15H,5-6,8-9,11-14H2,1-2H3. The van der Waals surface area contributed by atoms with Gasteiger partial charge in [-0.3, -0.25) is 9.69 Å². The zero-order chi connectivity index (χ0) is 18.1. The minimum Gasteiger partial charge on any atom is -0.454 e. The van der Waals surface area contributed by atoms with Gasteiger partial charge in [-0.25, -0.2) is 4.98 Å². The SMILES string of the molecule is CN1CCC2(CC1)CN(C(=O)c1ccc(Cn3ccnc3)o1)CCN2C. The van der Waals surface area contributed by atoms with Crippen LogP contribution in [0, 0.1) is 0 Å². The lowest BCUT2D eigenvalue weighted by Gasteiger charge is -2.52. The predicted molar refractivity (Wildman–Crippen MR) is 98.0 cm³/mol. The highest BCUT2D eigenvalue weighted by atomic mass is 16.4. The fourth-order valence-electron chi connectivity index (χ4n) is 4.10. The number of carbonyl (C=O) groups excluding carboxylic acids is 1. The van der Waals surface area contributed by atoms with Crippen molar-refractivity contribution in [3.63, 3.8) is 0 Å². The summed E-state index contributed by atoms with van der Waals surface area (Å²) in [4.78, 5) is 23.8. The van der Waals surface area contributed by atoms with Crippen LogP contribution in [-0.4, -0.2) is 82.5 Å². The summed E-state index contributed by atoms with van der Waals surface area (Å²) in [5.74, 6) is 1.22. The average molecular weight is 357 g/mol. The van der Waals surface area contributed by atoms with E-state index < -0.39 is 0 Å². The van der Waals surface area contributed by atoms with E-state index in [0.717, 1.165) is 51.3 Å². The Morgan fingerprint density at radius 3 is 2.73 bits per heavy atom. The molecule has 0 saturated carbocycles. The summed E-state index contributed by atoms with van der Waals surface area (Å²) in [5, 5.41) is 0. The Kier molecular flexibility index (Phi) is 4.58. The molecule has 7 heteroatoms. The number of hydrogen-bond acceptors (Lipinski definition) is 5. The lowest BCUT2D eigenvalue weighted by atomic mass is 9.84. The Bertz CT molecular complexity index is 746. The van der Waals surface area contributed by atoms with Crippen LogP contribution < -0.4 is 0 Å². The Morgan fingerprint density at radius 2 is 2.00 bits per heavy atom. The number of carbonyl (C=O) groups is 1. The maximum atomic E-state index is 13.0. The van der Waals surface area contributed by atoms with Crippen molar-refractivity contribution < 1.29 is 9.21 Å². The summed E-state index contributed by atoms with van der Waals surface area (Å²) >= 11 is 0. The zero-order valence-corrected chi connectivity index (χ0v) is 15.6. The molecule has 2 aliphatic rings. The molecular weight excluding hydrogens is 330 g/mol. The van der Waals surface area contributed by atoms with E-state index in [0.29, 0.717) is 12.3 Å². The summed E-state index contributed by atoms with van der Waals surface area (Å²) in [7, 11) is 4.37. The van der Waals surface area contributed by atoms with Gasteiger partial charge in [0.25, 0.3) is 5.91 Å². The maximum absolute atomic E-state index is 13.0. The van der Waals surface area contributed by atoms with Crippen LogP contribution in [0.5, 0.6) is 0 Å². The van der Waals surface area contributed by atoms with E-state index in [1.54, 1.807) is 18.6 Å². The van der Waals surface area contributed by atoms with E-state index >= 15 is 0 Å². The van der Waals surface area contributed by atoms with Gasteiger partial charge in [0.1, 0.15) is 5.76 Å². The highest BCUT2D eigenvalue weighted by molar-refractivity contribution is 5.91. The van der Waals surface area contributed by atoms with Gasteiger partial charge >= 0.3 is 0 Å². The van der Waals surface area contributed by atoms with E-state index in [4.69, 9.17) is 4.42 Å². The number of hydrogen-bond donors (Lipinski definition) is 0. The molecular formula is C19H27N5O2. The molecule has 26 heavy (non-hydrogen) atoms. The number of rotatable bonds is 3. The van der Waals surface area contributed by atoms with Crippen molar-refractivity contribution in [1.82, 2.24) is 24.3 Å². The Balaban J connectivity index is 1.45. The van der Waals surface area contributed by atoms with Crippen molar-refractivity contribution in [3.8, 4) is 0 Å². The molecule has 2 aromatic heterocycles. The van der Waals surface area contributed by atoms with Gasteiger partial charge < -0.3 is 18.8 Å². The molecule has 1 spiro atoms. The van der Waals surface area contributed by atoms with E-state index in [2.05, 4.69) is 28.9 Å². The minimum atomic E-state index is 0.00767. The molecule has 140 valence electrons. The van der Waals surface area contributed by atoms with Crippen molar-refractivity contribution in [2.45, 2.75) is 24.9 Å². The number of nitrogens with zero attached hydrogens (tertiary/aromatic N) is 5. The predicted octanol–water partition coefficient (Wildman–Crippen LogP) is 1.38. The van der Waals surface area contributed by atoms with Gasteiger partial charge in [-0.2, -0.15) is 0 Å². The van der Waals surface area contributed by atoms with Gasteiger partial charge in [0.15, 0.2) is 5.76 Å². The van der Waals surface area contributed by atoms with Crippen molar-refractivity contribution in [3.05, 3.63) is 42.4 Å². The molecule has 2 aromatic rings. The number of furan rings is 1. The molecule has 2 saturated heterocycles. The van der Waals surface area contributed by atoms with Crippen molar-refractivity contribution in [1.29, 1.82) is 0 Å². The molecule has 0 aromatic carbocycles. The van der Waals surface area contributed by atoms with E-state index in [1.807, 2.05) is 21.7 Å². The third-order valence-corrected chi connectivity index (χ3v) is 5.98. The van der Waals surface area contributed by atoms with E-state index in [-0.39, 0.29) is 11.4 Å². The van der Waals surface area contributed by atoms with Gasteiger partial charge in [-0.15, -0.1) is 0 Å². The molecule has 0 unspecified atom stereocenters. The summed E-state index contributed by atoms with van der Waals surface area (Å²) in [5.41, 5.74) is 0.104. The molecule has 7 nitrogen and oxygen atoms in total. The summed E-state index contributed by atoms with van der Waals surface area (Å²) in [6.07, 6.45) is 7.57. The first-order chi connectivity index (χ1) is 12.6. The van der Waals surface area contributed by atoms with E-state index in [9.17, 15) is 4.79 Å². The molecule has 0 aliphatic carbocycles. The number of imidazole rings is 1. The number of aromatic nitrogens is 2. The highest BCUT2D eigenvalue weighted by Crippen LogP contribution is 2.31. The normalized spacial score (nSPS) is 21.4. The molecule has 0 radical (unpaired) electrons. The van der Waals surface area contributed by atoms with Crippen LogP contribution in [0.15, 0.2) is 35.3 Å². The van der Waals surface area contributed by atoms with Crippen molar-refractivity contribution in [2.24, 2.45) is 0 Å². The second-order valence-corrected chi connectivity index (χ2v) is 7.68. The average Bonchev–Trinajstić information content (AvgIpc) is 3.32. The quantitative estimate of drug-likeness (QED) is 0.831. The van der Waals surface area contributed by atoms with Crippen LogP contribution >= 0.6 is 0 Å². The molecule has 2 fully saturated rings. The van der Waals surface area contributed by atoms with Crippen LogP contribution in [0.1, 0.15) is 29.2 Å². The number of amides is 1. The number of piperidine rings is 1. The smallest absolute Gasteiger partial charge is 0.289 e. The van der Waals surface area contributed by atoms with Gasteiger partial charge in [0.2, 0.25) is 0 Å². The summed E-state index contributed by atoms with van der Waals surface area (Å²) in [6, 6.07) is 3.68. The zero-order valence-electron chi connectivity index (χ0n) is 15.6. The number of likely N-dealkylation sites (tertiary alicyclic amines) is 1. The fraction of sp³-hybridized carbons (Fsp3) is 0.579. The highest BCUT2D eigenvalue weighted by Gasteiger charge is 2.43. The van der Waals surface area contributed by atoms with Gasteiger partial charge in [-0.1, -0.05) is 0 Å². The molecule has 4 heterocycles. The van der Waals surface area contributed by atoms with Crippen molar-refractivity contribution in [2.75, 3.05) is 46.8 Å². The summed E-state index contributed by atoms with van der Waals surface area (Å²) in [6.45, 7) is 5.22. The lowest BCUT2D eigenvalue weighted by Crippen LogP contribution is -2.64. The fourth-order valence-corrected chi connectivity index (χ4v) is 4.10. The number of likely N-dealkylation sites (N-methyl/N-ethyl adjacent to an activating group) is 1. The molecule has 0 N–H and O–H groups in total. The van der Waals surface area contributed by atoms with Crippen LogP contribution in [0.25, 0.3) is 0 Å². The van der Waals surface area contributed by atoms with Crippen LogP contribution in [0.3, 0.4) is 0 Å². The molecule has 2 aliphatic heterocycles. The maximum Gasteiger partial charge on any atom is 0.289 e. The Hall–Kier alpha value is -2.12. The monoisotopic (exact) mass is 357 g/mol. The molecule has 0 bridgehead atoms. The molecule has 4 rings (SSSR count). The topological polar surface area (TPSA) is 57.8 Å². The second kappa shape index (κ2) is 6.89. The Morgan fingerprint density at radius 1 is 1.19 bits per heavy atom. The lowest BCUT2D eigenvalue weighted by molar-refractivity contribution is -0.0180. The van der Waals surface area contributed by atoms with Gasteiger partial charge in [-0.05, 0) is 52.2 Å². The van der Waals surface area contributed by atoms with Crippen LogP contribution in [0.2, 0.25) is 0 Å². The van der Waals surface area contributed by atoms with Crippen LogP contribution in [0.4, 0.5) is 0 Å². The first-order valence-corrected chi connectivity index (χ1v) is 9.29. The third kappa shape index (κ3) is 3.29. The largest absolute Gasteiger partial charge is 0.454 e. The first kappa shape index (κ1) is 17.3. The molecule has 0 atom stereocenters. The van der Waals surface area contributed by atoms with Gasteiger partial charge in [0.05, 0.1) is 12.9 Å². The Labute approximate surface area is 154 Å². The van der Waals surface area contributed by atoms with Crippen molar-refractivity contribution >= 4 is 5.91 Å². The minimum absolute atomic E-state index is 0.00767. The first-order valence-electron chi connectivity index (χ1n) is 9.29. The van der Waals surface area contributed by atoms with Crippen LogP contribution in [-0.2, 0) is 6.54 Å². The van der Waals surface area contributed by atoms with Gasteiger partial charge in [0, 0.05) is 37.6 Å². The molecule has 1 amide bonds. The summed E-state index contributed by atoms with van der Waals surface area (Å²) < 4.78 is 7.76. The third-order valence-electron chi connectivity index (χ3n) is 5.98. The second-order valence-electron chi connectivity index (χ2n) is 7.68. The van der Waals surface area contributed by atoms with E-state index in [1.165, 1.54) is 0 Å².